The van der Waals surface area contributed by atoms with Gasteiger partial charge in [0.25, 0.3) is 0 Å². The average Bonchev–Trinajstić information content (AvgIpc) is 2.45. The van der Waals surface area contributed by atoms with E-state index in [1.165, 1.54) is 11.4 Å². The van der Waals surface area contributed by atoms with E-state index in [1.807, 2.05) is 0 Å². The van der Waals surface area contributed by atoms with Crippen molar-refractivity contribution in [3.05, 3.63) is 0 Å². The van der Waals surface area contributed by atoms with Crippen LogP contribution in [0.4, 0.5) is 0 Å². The number of rotatable bonds is 8. The van der Waals surface area contributed by atoms with Gasteiger partial charge in [-0.15, -0.1) is 0 Å². The van der Waals surface area contributed by atoms with Crippen LogP contribution in [0.1, 0.15) is 6.42 Å². The van der Waals surface area contributed by atoms with Crippen LogP contribution in [0.25, 0.3) is 0 Å². The van der Waals surface area contributed by atoms with E-state index in [0.717, 1.165) is 11.5 Å². The third kappa shape index (κ3) is 5.96. The van der Waals surface area contributed by atoms with E-state index in [-0.39, 0.29) is 37.3 Å². The SMILES string of the molecule is COC(CN)CC(=O)NCCS(=O)(=O)N1CCSCC1. The van der Waals surface area contributed by atoms with Gasteiger partial charge in [-0.1, -0.05) is 0 Å². The molecular weight excluding hydrogens is 302 g/mol. The Bertz CT molecular complexity index is 392. The minimum Gasteiger partial charge on any atom is -0.380 e. The van der Waals surface area contributed by atoms with Crippen LogP contribution in [0.2, 0.25) is 0 Å². The molecule has 118 valence electrons. The summed E-state index contributed by atoms with van der Waals surface area (Å²) in [7, 11) is -1.78. The number of nitrogens with two attached hydrogens (primary N) is 1. The van der Waals surface area contributed by atoms with Crippen LogP contribution in [0.15, 0.2) is 0 Å². The fourth-order valence-corrected chi connectivity index (χ4v) is 4.31. The lowest BCUT2D eigenvalue weighted by atomic mass is 10.2. The standard InChI is InChI=1S/C11H23N3O4S2/c1-18-10(9-12)8-11(15)13-2-7-20(16,17)14-3-5-19-6-4-14/h10H,2-9,12H2,1H3,(H,13,15). The first-order valence-electron chi connectivity index (χ1n) is 6.54. The minimum atomic E-state index is -3.27. The van der Waals surface area contributed by atoms with Crippen molar-refractivity contribution < 1.29 is 17.9 Å². The van der Waals surface area contributed by atoms with Gasteiger partial charge in [-0.3, -0.25) is 4.79 Å². The van der Waals surface area contributed by atoms with Crippen molar-refractivity contribution in [2.45, 2.75) is 12.5 Å². The summed E-state index contributed by atoms with van der Waals surface area (Å²) in [5, 5.41) is 2.59. The molecule has 0 saturated carbocycles. The summed E-state index contributed by atoms with van der Waals surface area (Å²) < 4.78 is 30.5. The molecule has 3 N–H and O–H groups in total. The molecule has 1 heterocycles. The van der Waals surface area contributed by atoms with E-state index in [4.69, 9.17) is 10.5 Å². The molecule has 1 aliphatic heterocycles. The second-order valence-corrected chi connectivity index (χ2v) is 7.79. The number of nitrogens with zero attached hydrogens (tertiary/aromatic N) is 1. The molecular formula is C11H23N3O4S2. The van der Waals surface area contributed by atoms with Crippen molar-refractivity contribution in [2.24, 2.45) is 5.73 Å². The monoisotopic (exact) mass is 325 g/mol. The van der Waals surface area contributed by atoms with Crippen molar-refractivity contribution in [3.63, 3.8) is 0 Å². The second kappa shape index (κ2) is 8.83. The molecule has 20 heavy (non-hydrogen) atoms. The number of carbonyl (C=O) groups is 1. The molecule has 0 aromatic rings. The fourth-order valence-electron chi connectivity index (χ4n) is 1.82. The van der Waals surface area contributed by atoms with Crippen LogP contribution in [0.3, 0.4) is 0 Å². The zero-order valence-electron chi connectivity index (χ0n) is 11.7. The lowest BCUT2D eigenvalue weighted by Gasteiger charge is -2.25. The lowest BCUT2D eigenvalue weighted by molar-refractivity contribution is -0.123. The largest absolute Gasteiger partial charge is 0.380 e. The van der Waals surface area contributed by atoms with Gasteiger partial charge in [0.05, 0.1) is 18.3 Å². The number of thioether (sulfide) groups is 1. The molecule has 0 aromatic carbocycles. The third-order valence-electron chi connectivity index (χ3n) is 3.05. The van der Waals surface area contributed by atoms with Crippen molar-refractivity contribution in [2.75, 3.05) is 50.5 Å². The zero-order chi connectivity index (χ0) is 15.0. The molecule has 0 radical (unpaired) electrons. The smallest absolute Gasteiger partial charge is 0.222 e. The van der Waals surface area contributed by atoms with E-state index >= 15 is 0 Å². The van der Waals surface area contributed by atoms with Crippen molar-refractivity contribution in [1.82, 2.24) is 9.62 Å². The maximum absolute atomic E-state index is 12.0. The van der Waals surface area contributed by atoms with E-state index in [1.54, 1.807) is 11.8 Å². The molecule has 1 fully saturated rings. The summed E-state index contributed by atoms with van der Waals surface area (Å²) in [4.78, 5) is 11.6. The number of nitrogens with one attached hydrogen (secondary N) is 1. The van der Waals surface area contributed by atoms with Gasteiger partial charge in [-0.25, -0.2) is 12.7 Å². The molecule has 1 amide bonds. The van der Waals surface area contributed by atoms with Gasteiger partial charge in [-0.05, 0) is 0 Å². The maximum atomic E-state index is 12.0. The first-order valence-corrected chi connectivity index (χ1v) is 9.31. The molecule has 0 bridgehead atoms. The molecule has 0 spiro atoms. The lowest BCUT2D eigenvalue weighted by Crippen LogP contribution is -2.42. The van der Waals surface area contributed by atoms with Gasteiger partial charge in [-0.2, -0.15) is 11.8 Å². The summed E-state index contributed by atoms with van der Waals surface area (Å²) in [6.07, 6.45) is -0.182. The fraction of sp³-hybridized carbons (Fsp3) is 0.909. The number of hydrogen-bond acceptors (Lipinski definition) is 6. The Morgan fingerprint density at radius 3 is 2.65 bits per heavy atom. The predicted octanol–water partition coefficient (Wildman–Crippen LogP) is -1.15. The maximum Gasteiger partial charge on any atom is 0.222 e. The summed E-state index contributed by atoms with van der Waals surface area (Å²) in [5.41, 5.74) is 5.42. The number of ether oxygens (including phenoxy) is 1. The summed E-state index contributed by atoms with van der Waals surface area (Å²) in [6.45, 7) is 1.49. The highest BCUT2D eigenvalue weighted by molar-refractivity contribution is 7.99. The molecule has 0 aromatic heterocycles. The summed E-state index contributed by atoms with van der Waals surface area (Å²) >= 11 is 1.75. The van der Waals surface area contributed by atoms with E-state index in [2.05, 4.69) is 5.32 Å². The van der Waals surface area contributed by atoms with Gasteiger partial charge in [0.15, 0.2) is 0 Å². The van der Waals surface area contributed by atoms with Crippen molar-refractivity contribution in [3.8, 4) is 0 Å². The molecule has 1 rings (SSSR count). The number of carbonyl (C=O) groups excluding carboxylic acids is 1. The van der Waals surface area contributed by atoms with Crippen molar-refractivity contribution in [1.29, 1.82) is 0 Å². The van der Waals surface area contributed by atoms with Crippen LogP contribution in [-0.2, 0) is 19.6 Å². The quantitative estimate of drug-likeness (QED) is 0.584. The van der Waals surface area contributed by atoms with Gasteiger partial charge < -0.3 is 15.8 Å². The van der Waals surface area contributed by atoms with Crippen LogP contribution >= 0.6 is 11.8 Å². The topological polar surface area (TPSA) is 102 Å². The van der Waals surface area contributed by atoms with Crippen LogP contribution in [0.5, 0.6) is 0 Å². The Hall–Kier alpha value is -0.350. The number of methoxy groups -OCH3 is 1. The van der Waals surface area contributed by atoms with E-state index in [0.29, 0.717) is 13.1 Å². The molecule has 1 unspecified atom stereocenters. The van der Waals surface area contributed by atoms with Gasteiger partial charge in [0.2, 0.25) is 15.9 Å². The highest BCUT2D eigenvalue weighted by Gasteiger charge is 2.23. The molecule has 1 aliphatic rings. The first-order chi connectivity index (χ1) is 9.49. The Kier molecular flexibility index (Phi) is 7.82. The normalized spacial score (nSPS) is 18.7. The summed E-state index contributed by atoms with van der Waals surface area (Å²) in [5.74, 6) is 1.35. The van der Waals surface area contributed by atoms with Gasteiger partial charge in [0, 0.05) is 44.8 Å². The van der Waals surface area contributed by atoms with E-state index < -0.39 is 10.0 Å². The summed E-state index contributed by atoms with van der Waals surface area (Å²) in [6, 6.07) is 0. The third-order valence-corrected chi connectivity index (χ3v) is 5.87. The highest BCUT2D eigenvalue weighted by Crippen LogP contribution is 2.12. The molecule has 7 nitrogen and oxygen atoms in total. The average molecular weight is 325 g/mol. The Morgan fingerprint density at radius 1 is 1.45 bits per heavy atom. The van der Waals surface area contributed by atoms with Crippen LogP contribution < -0.4 is 11.1 Å². The van der Waals surface area contributed by atoms with Crippen LogP contribution in [0, 0.1) is 0 Å². The zero-order valence-corrected chi connectivity index (χ0v) is 13.3. The van der Waals surface area contributed by atoms with Crippen molar-refractivity contribution >= 4 is 27.7 Å². The molecule has 9 heteroatoms. The van der Waals surface area contributed by atoms with E-state index in [9.17, 15) is 13.2 Å². The Morgan fingerprint density at radius 2 is 2.10 bits per heavy atom. The Labute approximate surface area is 124 Å². The van der Waals surface area contributed by atoms with Gasteiger partial charge >= 0.3 is 0 Å². The number of sulfonamides is 1. The first kappa shape index (κ1) is 17.7. The molecule has 1 atom stereocenters. The second-order valence-electron chi connectivity index (χ2n) is 4.47. The van der Waals surface area contributed by atoms with Crippen LogP contribution in [-0.4, -0.2) is 75.3 Å². The highest BCUT2D eigenvalue weighted by atomic mass is 32.2. The minimum absolute atomic E-state index is 0.0658. The predicted molar refractivity (Wildman–Crippen MR) is 80.2 cm³/mol. The number of hydrogen-bond donors (Lipinski definition) is 2. The molecule has 0 aliphatic carbocycles. The molecule has 1 saturated heterocycles. The number of amides is 1. The Balaban J connectivity index is 2.30. The van der Waals surface area contributed by atoms with Gasteiger partial charge in [0.1, 0.15) is 0 Å².